The quantitative estimate of drug-likeness (QED) is 0.332. The molecule has 1 fully saturated rings. The summed E-state index contributed by atoms with van der Waals surface area (Å²) in [5, 5.41) is 8.94. The van der Waals surface area contributed by atoms with E-state index in [-0.39, 0.29) is 18.2 Å². The molecule has 1 aromatic carbocycles. The number of pyridine rings is 1. The molecule has 11 nitrogen and oxygen atoms in total. The molecule has 5 aromatic rings. The van der Waals surface area contributed by atoms with Crippen molar-refractivity contribution in [3.8, 4) is 11.7 Å². The monoisotopic (exact) mass is 511 g/mol. The van der Waals surface area contributed by atoms with Crippen LogP contribution in [0, 0.1) is 0 Å². The molecule has 0 saturated carbocycles. The molecule has 38 heavy (non-hydrogen) atoms. The Balaban J connectivity index is 1.38. The van der Waals surface area contributed by atoms with E-state index in [4.69, 9.17) is 14.7 Å². The highest BCUT2D eigenvalue weighted by Crippen LogP contribution is 2.23. The molecule has 0 unspecified atom stereocenters. The minimum Gasteiger partial charge on any atom is -0.474 e. The van der Waals surface area contributed by atoms with Crippen molar-refractivity contribution in [1.29, 1.82) is 0 Å². The highest BCUT2D eigenvalue weighted by molar-refractivity contribution is 5.83. The summed E-state index contributed by atoms with van der Waals surface area (Å²) in [4.78, 5) is 29.5. The van der Waals surface area contributed by atoms with Gasteiger partial charge in [-0.1, -0.05) is 12.1 Å². The average Bonchev–Trinajstić information content (AvgIpc) is 3.42. The molecular formula is C27H29N9O2. The number of aromatic nitrogens is 7. The Labute approximate surface area is 219 Å². The number of likely N-dealkylation sites (tertiary alicyclic amines) is 1. The predicted molar refractivity (Wildman–Crippen MR) is 146 cm³/mol. The largest absolute Gasteiger partial charge is 0.474 e. The predicted octanol–water partition coefficient (Wildman–Crippen LogP) is 3.27. The number of rotatable bonds is 7. The zero-order chi connectivity index (χ0) is 26.2. The highest BCUT2D eigenvalue weighted by atomic mass is 16.5. The molecule has 0 radical (unpaired) electrons. The Morgan fingerprint density at radius 1 is 1.13 bits per heavy atom. The number of ether oxygens (including phenoxy) is 1. The van der Waals surface area contributed by atoms with Crippen LogP contribution in [0.15, 0.2) is 66.2 Å². The lowest BCUT2D eigenvalue weighted by molar-refractivity contribution is 0.110. The summed E-state index contributed by atoms with van der Waals surface area (Å²) in [6, 6.07) is 11.5. The summed E-state index contributed by atoms with van der Waals surface area (Å²) in [7, 11) is 4.02. The van der Waals surface area contributed by atoms with Crippen LogP contribution in [-0.4, -0.2) is 65.2 Å². The SMILES string of the molecule is C=CCn1c(=O)c2cnc(Nc3ccc4c(cnn4C)c3)nc2n1-c1cccc(OC2CCN(C)CC2)n1. The van der Waals surface area contributed by atoms with Gasteiger partial charge in [-0.2, -0.15) is 15.1 Å². The van der Waals surface area contributed by atoms with Crippen molar-refractivity contribution in [2.75, 3.05) is 25.5 Å². The first kappa shape index (κ1) is 23.9. The maximum absolute atomic E-state index is 13.3. The van der Waals surface area contributed by atoms with Crippen molar-refractivity contribution in [2.45, 2.75) is 25.5 Å². The molecule has 1 saturated heterocycles. The van der Waals surface area contributed by atoms with Gasteiger partial charge >= 0.3 is 0 Å². The molecule has 4 aromatic heterocycles. The molecule has 194 valence electrons. The fraction of sp³-hybridized carbons (Fsp3) is 0.296. The van der Waals surface area contributed by atoms with Gasteiger partial charge in [-0.25, -0.2) is 14.3 Å². The molecule has 0 amide bonds. The number of hydrogen-bond donors (Lipinski definition) is 1. The standard InChI is InChI=1S/C27H29N9O2/c1-4-12-35-26(37)21-17-28-27(30-19-8-9-22-18(15-19)16-29-34(22)3)32-25(21)36(35)23-6-5-7-24(31-23)38-20-10-13-33(2)14-11-20/h4-9,15-17,20H,1,10-14H2,2-3H3,(H,28,30,32). The Morgan fingerprint density at radius 3 is 2.79 bits per heavy atom. The molecule has 1 aliphatic rings. The van der Waals surface area contributed by atoms with Gasteiger partial charge in [0.1, 0.15) is 11.5 Å². The number of nitrogens with zero attached hydrogens (tertiary/aromatic N) is 8. The van der Waals surface area contributed by atoms with E-state index < -0.39 is 0 Å². The Morgan fingerprint density at radius 2 is 1.97 bits per heavy atom. The van der Waals surface area contributed by atoms with Crippen LogP contribution in [0.25, 0.3) is 27.8 Å². The number of hydrogen-bond acceptors (Lipinski definition) is 8. The molecule has 0 aliphatic carbocycles. The third-order valence-electron chi connectivity index (χ3n) is 6.86. The van der Waals surface area contributed by atoms with Crippen molar-refractivity contribution in [1.82, 2.24) is 39.0 Å². The second-order valence-corrected chi connectivity index (χ2v) is 9.54. The van der Waals surface area contributed by atoms with Crippen LogP contribution in [0.5, 0.6) is 5.88 Å². The molecule has 0 atom stereocenters. The van der Waals surface area contributed by atoms with Gasteiger partial charge in [0.05, 0.1) is 18.3 Å². The summed E-state index contributed by atoms with van der Waals surface area (Å²) in [6.45, 7) is 6.10. The molecule has 0 spiro atoms. The third kappa shape index (κ3) is 4.41. The minimum atomic E-state index is -0.216. The molecule has 0 bridgehead atoms. The first-order valence-electron chi connectivity index (χ1n) is 12.6. The van der Waals surface area contributed by atoms with Crippen LogP contribution in [0.2, 0.25) is 0 Å². The number of piperidine rings is 1. The second-order valence-electron chi connectivity index (χ2n) is 9.54. The number of nitrogens with one attached hydrogen (secondary N) is 1. The number of fused-ring (bicyclic) bond motifs is 2. The number of benzene rings is 1. The van der Waals surface area contributed by atoms with Crippen LogP contribution in [-0.2, 0) is 13.6 Å². The normalized spacial score (nSPS) is 14.8. The van der Waals surface area contributed by atoms with Gasteiger partial charge in [0.25, 0.3) is 5.56 Å². The van der Waals surface area contributed by atoms with Gasteiger partial charge in [0.15, 0.2) is 11.5 Å². The van der Waals surface area contributed by atoms with Crippen molar-refractivity contribution < 1.29 is 4.74 Å². The molecule has 11 heteroatoms. The average molecular weight is 512 g/mol. The van der Waals surface area contributed by atoms with Crippen molar-refractivity contribution in [3.63, 3.8) is 0 Å². The minimum absolute atomic E-state index is 0.112. The zero-order valence-electron chi connectivity index (χ0n) is 21.4. The lowest BCUT2D eigenvalue weighted by Gasteiger charge is -2.29. The first-order chi connectivity index (χ1) is 18.5. The smallest absolute Gasteiger partial charge is 0.278 e. The van der Waals surface area contributed by atoms with E-state index in [1.54, 1.807) is 21.6 Å². The van der Waals surface area contributed by atoms with Gasteiger partial charge in [-0.15, -0.1) is 6.58 Å². The molecule has 6 rings (SSSR count). The zero-order valence-corrected chi connectivity index (χ0v) is 21.4. The molecular weight excluding hydrogens is 482 g/mol. The van der Waals surface area contributed by atoms with E-state index in [1.807, 2.05) is 54.3 Å². The van der Waals surface area contributed by atoms with Crippen molar-refractivity contribution in [2.24, 2.45) is 7.05 Å². The molecule has 1 N–H and O–H groups in total. The van der Waals surface area contributed by atoms with E-state index in [0.717, 1.165) is 42.5 Å². The maximum Gasteiger partial charge on any atom is 0.278 e. The fourth-order valence-electron chi connectivity index (χ4n) is 4.84. The van der Waals surface area contributed by atoms with E-state index in [1.165, 1.54) is 0 Å². The van der Waals surface area contributed by atoms with Crippen LogP contribution in [0.3, 0.4) is 0 Å². The fourth-order valence-corrected chi connectivity index (χ4v) is 4.84. The van der Waals surface area contributed by atoms with Crippen molar-refractivity contribution >= 4 is 33.6 Å². The maximum atomic E-state index is 13.3. The van der Waals surface area contributed by atoms with Crippen LogP contribution < -0.4 is 15.6 Å². The Kier molecular flexibility index (Phi) is 6.12. The Hall–Kier alpha value is -4.51. The number of aryl methyl sites for hydroxylation is 1. The van der Waals surface area contributed by atoms with Gasteiger partial charge in [0, 0.05) is 43.5 Å². The number of allylic oxidation sites excluding steroid dienone is 1. The van der Waals surface area contributed by atoms with Crippen LogP contribution >= 0.6 is 0 Å². The summed E-state index contributed by atoms with van der Waals surface area (Å²) in [6.07, 6.45) is 7.03. The summed E-state index contributed by atoms with van der Waals surface area (Å²) in [5.74, 6) is 1.42. The molecule has 1 aliphatic heterocycles. The van der Waals surface area contributed by atoms with E-state index in [0.29, 0.717) is 28.7 Å². The van der Waals surface area contributed by atoms with Gasteiger partial charge < -0.3 is 15.0 Å². The molecule has 5 heterocycles. The second kappa shape index (κ2) is 9.75. The Bertz CT molecular complexity index is 1690. The highest BCUT2D eigenvalue weighted by Gasteiger charge is 2.21. The topological polar surface area (TPSA) is 108 Å². The van der Waals surface area contributed by atoms with E-state index in [2.05, 4.69) is 33.9 Å². The number of anilines is 2. The van der Waals surface area contributed by atoms with Crippen LogP contribution in [0.4, 0.5) is 11.6 Å². The summed E-state index contributed by atoms with van der Waals surface area (Å²) < 4.78 is 11.3. The van der Waals surface area contributed by atoms with Crippen LogP contribution in [0.1, 0.15) is 12.8 Å². The van der Waals surface area contributed by atoms with Gasteiger partial charge in [0.2, 0.25) is 11.8 Å². The summed E-state index contributed by atoms with van der Waals surface area (Å²) >= 11 is 0. The lowest BCUT2D eigenvalue weighted by atomic mass is 10.1. The van der Waals surface area contributed by atoms with Gasteiger partial charge in [-0.05, 0) is 44.2 Å². The van der Waals surface area contributed by atoms with Gasteiger partial charge in [-0.3, -0.25) is 9.48 Å². The van der Waals surface area contributed by atoms with E-state index >= 15 is 0 Å². The van der Waals surface area contributed by atoms with E-state index in [9.17, 15) is 4.79 Å². The summed E-state index contributed by atoms with van der Waals surface area (Å²) in [5.41, 5.74) is 2.07. The van der Waals surface area contributed by atoms with Crippen molar-refractivity contribution in [3.05, 3.63) is 71.8 Å². The third-order valence-corrected chi connectivity index (χ3v) is 6.86. The first-order valence-corrected chi connectivity index (χ1v) is 12.6. The lowest BCUT2D eigenvalue weighted by Crippen LogP contribution is -2.35.